The monoisotopic (exact) mass is 277 g/mol. The van der Waals surface area contributed by atoms with Crippen molar-refractivity contribution in [3.05, 3.63) is 52.4 Å². The van der Waals surface area contributed by atoms with Crippen molar-refractivity contribution in [2.75, 3.05) is 5.32 Å². The zero-order valence-corrected chi connectivity index (χ0v) is 10.5. The number of nitrogens with one attached hydrogen (secondary N) is 1. The summed E-state index contributed by atoms with van der Waals surface area (Å²) >= 11 is 3.45. The predicted molar refractivity (Wildman–Crippen MR) is 68.2 cm³/mol. The highest BCUT2D eigenvalue weighted by atomic mass is 79.9. The van der Waals surface area contributed by atoms with Gasteiger partial charge in [0, 0.05) is 17.2 Å². The SMILES string of the molecule is Cc1nccc(NCc2cccc(Br)c2)n1. The quantitative estimate of drug-likeness (QED) is 0.937. The summed E-state index contributed by atoms with van der Waals surface area (Å²) in [5.41, 5.74) is 1.21. The predicted octanol–water partition coefficient (Wildman–Crippen LogP) is 3.16. The van der Waals surface area contributed by atoms with Gasteiger partial charge >= 0.3 is 0 Å². The van der Waals surface area contributed by atoms with Crippen molar-refractivity contribution in [3.63, 3.8) is 0 Å². The van der Waals surface area contributed by atoms with Crippen molar-refractivity contribution in [1.29, 1.82) is 0 Å². The van der Waals surface area contributed by atoms with Gasteiger partial charge in [-0.15, -0.1) is 0 Å². The van der Waals surface area contributed by atoms with Crippen LogP contribution < -0.4 is 5.32 Å². The maximum Gasteiger partial charge on any atom is 0.129 e. The average molecular weight is 278 g/mol. The number of anilines is 1. The van der Waals surface area contributed by atoms with Gasteiger partial charge in [0.1, 0.15) is 11.6 Å². The Morgan fingerprint density at radius 3 is 2.94 bits per heavy atom. The Balaban J connectivity index is 2.02. The Morgan fingerprint density at radius 2 is 2.19 bits per heavy atom. The lowest BCUT2D eigenvalue weighted by molar-refractivity contribution is 1.02. The molecular formula is C12H12BrN3. The summed E-state index contributed by atoms with van der Waals surface area (Å²) in [5.74, 6) is 1.63. The van der Waals surface area contributed by atoms with E-state index in [4.69, 9.17) is 0 Å². The van der Waals surface area contributed by atoms with E-state index in [1.165, 1.54) is 5.56 Å². The molecule has 0 aliphatic rings. The Hall–Kier alpha value is -1.42. The summed E-state index contributed by atoms with van der Waals surface area (Å²) in [6, 6.07) is 10.1. The summed E-state index contributed by atoms with van der Waals surface area (Å²) in [6.07, 6.45) is 1.76. The maximum atomic E-state index is 4.28. The highest BCUT2D eigenvalue weighted by Gasteiger charge is 1.96. The summed E-state index contributed by atoms with van der Waals surface area (Å²) < 4.78 is 1.09. The molecule has 1 heterocycles. The number of hydrogen-bond donors (Lipinski definition) is 1. The molecule has 0 saturated carbocycles. The van der Waals surface area contributed by atoms with Crippen LogP contribution in [0.15, 0.2) is 41.0 Å². The fourth-order valence-electron chi connectivity index (χ4n) is 1.39. The van der Waals surface area contributed by atoms with Gasteiger partial charge in [0.25, 0.3) is 0 Å². The summed E-state index contributed by atoms with van der Waals surface area (Å²) in [7, 11) is 0. The number of aryl methyl sites for hydroxylation is 1. The molecule has 1 aromatic heterocycles. The van der Waals surface area contributed by atoms with E-state index in [2.05, 4.69) is 43.3 Å². The molecule has 1 aromatic carbocycles. The van der Waals surface area contributed by atoms with E-state index >= 15 is 0 Å². The van der Waals surface area contributed by atoms with Gasteiger partial charge in [-0.2, -0.15) is 0 Å². The molecule has 16 heavy (non-hydrogen) atoms. The van der Waals surface area contributed by atoms with Gasteiger partial charge in [-0.1, -0.05) is 28.1 Å². The second kappa shape index (κ2) is 5.07. The number of rotatable bonds is 3. The van der Waals surface area contributed by atoms with Crippen molar-refractivity contribution in [2.24, 2.45) is 0 Å². The van der Waals surface area contributed by atoms with E-state index < -0.39 is 0 Å². The van der Waals surface area contributed by atoms with Crippen LogP contribution in [-0.4, -0.2) is 9.97 Å². The molecule has 4 heteroatoms. The smallest absolute Gasteiger partial charge is 0.129 e. The normalized spacial score (nSPS) is 10.1. The summed E-state index contributed by atoms with van der Waals surface area (Å²) in [6.45, 7) is 2.64. The molecule has 82 valence electrons. The molecule has 2 rings (SSSR count). The van der Waals surface area contributed by atoms with Crippen LogP contribution in [0.4, 0.5) is 5.82 Å². The standard InChI is InChI=1S/C12H12BrN3/c1-9-14-6-5-12(16-9)15-8-10-3-2-4-11(13)7-10/h2-7H,8H2,1H3,(H,14,15,16). The lowest BCUT2D eigenvalue weighted by Gasteiger charge is -2.06. The van der Waals surface area contributed by atoms with Gasteiger partial charge < -0.3 is 5.32 Å². The molecule has 3 nitrogen and oxygen atoms in total. The molecule has 0 fully saturated rings. The first-order valence-corrected chi connectivity index (χ1v) is 5.81. The number of nitrogens with zero attached hydrogens (tertiary/aromatic N) is 2. The largest absolute Gasteiger partial charge is 0.366 e. The van der Waals surface area contributed by atoms with Crippen LogP contribution >= 0.6 is 15.9 Å². The topological polar surface area (TPSA) is 37.8 Å². The number of halogens is 1. The molecule has 0 aliphatic carbocycles. The molecular weight excluding hydrogens is 266 g/mol. The molecule has 0 spiro atoms. The molecule has 0 saturated heterocycles. The van der Waals surface area contributed by atoms with Crippen molar-refractivity contribution < 1.29 is 0 Å². The Labute approximate surface area is 103 Å². The Kier molecular flexibility index (Phi) is 3.51. The molecule has 2 aromatic rings. The van der Waals surface area contributed by atoms with Crippen molar-refractivity contribution in [3.8, 4) is 0 Å². The molecule has 0 unspecified atom stereocenters. The van der Waals surface area contributed by atoms with Gasteiger partial charge in [-0.3, -0.25) is 0 Å². The van der Waals surface area contributed by atoms with Crippen LogP contribution in [0.1, 0.15) is 11.4 Å². The van der Waals surface area contributed by atoms with E-state index in [9.17, 15) is 0 Å². The van der Waals surface area contributed by atoms with Crippen LogP contribution in [0.5, 0.6) is 0 Å². The minimum absolute atomic E-state index is 0.760. The maximum absolute atomic E-state index is 4.28. The summed E-state index contributed by atoms with van der Waals surface area (Å²) in [5, 5.41) is 3.26. The Bertz CT molecular complexity index is 440. The van der Waals surface area contributed by atoms with Crippen LogP contribution in [0.2, 0.25) is 0 Å². The second-order valence-corrected chi connectivity index (χ2v) is 4.39. The van der Waals surface area contributed by atoms with E-state index in [1.54, 1.807) is 6.20 Å². The summed E-state index contributed by atoms with van der Waals surface area (Å²) in [4.78, 5) is 8.33. The van der Waals surface area contributed by atoms with Crippen molar-refractivity contribution in [1.82, 2.24) is 9.97 Å². The van der Waals surface area contributed by atoms with Crippen molar-refractivity contribution in [2.45, 2.75) is 13.5 Å². The van der Waals surface area contributed by atoms with Gasteiger partial charge in [0.15, 0.2) is 0 Å². The van der Waals surface area contributed by atoms with E-state index in [-0.39, 0.29) is 0 Å². The molecule has 0 radical (unpaired) electrons. The average Bonchev–Trinajstić information content (AvgIpc) is 2.27. The van der Waals surface area contributed by atoms with E-state index in [0.717, 1.165) is 22.7 Å². The highest BCUT2D eigenvalue weighted by Crippen LogP contribution is 2.12. The third-order valence-electron chi connectivity index (χ3n) is 2.14. The number of hydrogen-bond acceptors (Lipinski definition) is 3. The first kappa shape index (κ1) is 11.1. The fraction of sp³-hybridized carbons (Fsp3) is 0.167. The second-order valence-electron chi connectivity index (χ2n) is 3.47. The van der Waals surface area contributed by atoms with Crippen LogP contribution in [0.3, 0.4) is 0 Å². The van der Waals surface area contributed by atoms with Crippen LogP contribution in [0, 0.1) is 6.92 Å². The lowest BCUT2D eigenvalue weighted by atomic mass is 10.2. The van der Waals surface area contributed by atoms with E-state index in [0.29, 0.717) is 0 Å². The third-order valence-corrected chi connectivity index (χ3v) is 2.63. The minimum atomic E-state index is 0.760. The molecule has 0 aliphatic heterocycles. The molecule has 0 atom stereocenters. The lowest BCUT2D eigenvalue weighted by Crippen LogP contribution is -2.02. The number of benzene rings is 1. The number of aromatic nitrogens is 2. The van der Waals surface area contributed by atoms with Crippen LogP contribution in [0.25, 0.3) is 0 Å². The minimum Gasteiger partial charge on any atom is -0.366 e. The first-order chi connectivity index (χ1) is 7.74. The van der Waals surface area contributed by atoms with Crippen molar-refractivity contribution >= 4 is 21.7 Å². The highest BCUT2D eigenvalue weighted by molar-refractivity contribution is 9.10. The first-order valence-electron chi connectivity index (χ1n) is 5.02. The zero-order valence-electron chi connectivity index (χ0n) is 8.94. The third kappa shape index (κ3) is 3.03. The van der Waals surface area contributed by atoms with Gasteiger partial charge in [0.2, 0.25) is 0 Å². The van der Waals surface area contributed by atoms with Gasteiger partial charge in [0.05, 0.1) is 0 Å². The zero-order chi connectivity index (χ0) is 11.4. The molecule has 1 N–H and O–H groups in total. The fourth-order valence-corrected chi connectivity index (χ4v) is 1.84. The molecule has 0 amide bonds. The van der Waals surface area contributed by atoms with E-state index in [1.807, 2.05) is 25.1 Å². The molecule has 0 bridgehead atoms. The van der Waals surface area contributed by atoms with Crippen LogP contribution in [-0.2, 0) is 6.54 Å². The Morgan fingerprint density at radius 1 is 1.31 bits per heavy atom. The van der Waals surface area contributed by atoms with Gasteiger partial charge in [-0.05, 0) is 30.7 Å². The van der Waals surface area contributed by atoms with Gasteiger partial charge in [-0.25, -0.2) is 9.97 Å².